The molecule has 1 rings (SSSR count). The standard InChI is InChI=1S/C16H21O4Si/c1-5-7-14(21(3)4)20-16(18)13-10-8-12(9-11-13)15(17)19-6-2/h5,8-11,14H,1,6-7H2,2-4H3. The van der Waals surface area contributed by atoms with Crippen LogP contribution in [0.5, 0.6) is 0 Å². The van der Waals surface area contributed by atoms with E-state index in [0.29, 0.717) is 24.2 Å². The van der Waals surface area contributed by atoms with E-state index < -0.39 is 14.8 Å². The molecule has 0 amide bonds. The van der Waals surface area contributed by atoms with Gasteiger partial charge in [-0.15, -0.1) is 6.58 Å². The molecule has 21 heavy (non-hydrogen) atoms. The summed E-state index contributed by atoms with van der Waals surface area (Å²) in [6, 6.07) is 6.30. The molecule has 0 aromatic heterocycles. The SMILES string of the molecule is C=CCC(OC(=O)c1ccc(C(=O)OCC)cc1)[Si](C)C. The molecule has 113 valence electrons. The molecular weight excluding hydrogens is 284 g/mol. The maximum absolute atomic E-state index is 12.1. The molecule has 4 nitrogen and oxygen atoms in total. The highest BCUT2D eigenvalue weighted by atomic mass is 28.3. The highest BCUT2D eigenvalue weighted by molar-refractivity contribution is 6.57. The van der Waals surface area contributed by atoms with E-state index in [2.05, 4.69) is 19.7 Å². The lowest BCUT2D eigenvalue weighted by molar-refractivity contribution is 0.0438. The fourth-order valence-electron chi connectivity index (χ4n) is 1.71. The van der Waals surface area contributed by atoms with Crippen LogP contribution in [0.1, 0.15) is 34.1 Å². The van der Waals surface area contributed by atoms with E-state index in [1.165, 1.54) is 0 Å². The Morgan fingerprint density at radius 1 is 1.19 bits per heavy atom. The number of ether oxygens (including phenoxy) is 2. The fourth-order valence-corrected chi connectivity index (χ4v) is 2.69. The summed E-state index contributed by atoms with van der Waals surface area (Å²) in [5.74, 6) is -0.766. The largest absolute Gasteiger partial charge is 0.463 e. The molecule has 1 aromatic carbocycles. The first kappa shape index (κ1) is 17.2. The van der Waals surface area contributed by atoms with Gasteiger partial charge in [0.05, 0.1) is 32.3 Å². The number of carbonyl (C=O) groups excluding carboxylic acids is 2. The average Bonchev–Trinajstić information content (AvgIpc) is 2.47. The normalized spacial score (nSPS) is 11.8. The van der Waals surface area contributed by atoms with Crippen molar-refractivity contribution in [3.63, 3.8) is 0 Å². The van der Waals surface area contributed by atoms with Crippen LogP contribution in [0.3, 0.4) is 0 Å². The first-order valence-corrected chi connectivity index (χ1v) is 9.46. The minimum Gasteiger partial charge on any atom is -0.463 e. The number of rotatable bonds is 7. The summed E-state index contributed by atoms with van der Waals surface area (Å²) < 4.78 is 10.4. The molecule has 0 fully saturated rings. The van der Waals surface area contributed by atoms with Crippen LogP contribution >= 0.6 is 0 Å². The summed E-state index contributed by atoms with van der Waals surface area (Å²) >= 11 is 0. The zero-order valence-corrected chi connectivity index (χ0v) is 13.7. The Morgan fingerprint density at radius 2 is 1.71 bits per heavy atom. The van der Waals surface area contributed by atoms with Crippen molar-refractivity contribution in [1.82, 2.24) is 0 Å². The van der Waals surface area contributed by atoms with Gasteiger partial charge in [0.2, 0.25) is 0 Å². The summed E-state index contributed by atoms with van der Waals surface area (Å²) in [6.45, 7) is 9.94. The van der Waals surface area contributed by atoms with E-state index in [9.17, 15) is 9.59 Å². The average molecular weight is 305 g/mol. The second-order valence-corrected chi connectivity index (χ2v) is 7.59. The predicted octanol–water partition coefficient (Wildman–Crippen LogP) is 3.26. The van der Waals surface area contributed by atoms with Gasteiger partial charge < -0.3 is 9.47 Å². The van der Waals surface area contributed by atoms with Crippen LogP contribution in [-0.2, 0) is 9.47 Å². The number of benzene rings is 1. The summed E-state index contributed by atoms with van der Waals surface area (Å²) in [6.07, 6.45) is 2.42. The van der Waals surface area contributed by atoms with E-state index >= 15 is 0 Å². The minimum atomic E-state index is -0.755. The first-order valence-electron chi connectivity index (χ1n) is 6.88. The summed E-state index contributed by atoms with van der Waals surface area (Å²) in [5, 5.41) is 0. The van der Waals surface area contributed by atoms with Gasteiger partial charge in [-0.2, -0.15) is 0 Å². The predicted molar refractivity (Wildman–Crippen MR) is 83.9 cm³/mol. The van der Waals surface area contributed by atoms with Crippen molar-refractivity contribution in [2.24, 2.45) is 0 Å². The van der Waals surface area contributed by atoms with Gasteiger partial charge in [0.1, 0.15) is 0 Å². The zero-order chi connectivity index (χ0) is 15.8. The molecule has 0 saturated heterocycles. The molecule has 0 spiro atoms. The zero-order valence-electron chi connectivity index (χ0n) is 12.7. The van der Waals surface area contributed by atoms with Gasteiger partial charge in [0.25, 0.3) is 0 Å². The van der Waals surface area contributed by atoms with E-state index in [4.69, 9.17) is 9.47 Å². The van der Waals surface area contributed by atoms with Crippen molar-refractivity contribution in [1.29, 1.82) is 0 Å². The maximum atomic E-state index is 12.1. The smallest absolute Gasteiger partial charge is 0.338 e. The molecule has 1 atom stereocenters. The van der Waals surface area contributed by atoms with Gasteiger partial charge in [0, 0.05) is 0 Å². The first-order chi connectivity index (χ1) is 9.99. The minimum absolute atomic E-state index is 0.0928. The van der Waals surface area contributed by atoms with Crippen molar-refractivity contribution in [3.8, 4) is 0 Å². The molecule has 1 unspecified atom stereocenters. The maximum Gasteiger partial charge on any atom is 0.338 e. The lowest BCUT2D eigenvalue weighted by Crippen LogP contribution is -2.30. The quantitative estimate of drug-likeness (QED) is 0.441. The van der Waals surface area contributed by atoms with Gasteiger partial charge in [-0.1, -0.05) is 19.2 Å². The van der Waals surface area contributed by atoms with Gasteiger partial charge in [-0.25, -0.2) is 9.59 Å². The van der Waals surface area contributed by atoms with Gasteiger partial charge in [0.15, 0.2) is 0 Å². The van der Waals surface area contributed by atoms with Gasteiger partial charge in [-0.3, -0.25) is 0 Å². The number of hydrogen-bond donors (Lipinski definition) is 0. The lowest BCUT2D eigenvalue weighted by Gasteiger charge is -2.19. The van der Waals surface area contributed by atoms with E-state index in [-0.39, 0.29) is 11.7 Å². The monoisotopic (exact) mass is 305 g/mol. The Hall–Kier alpha value is -1.88. The molecule has 0 heterocycles. The third-order valence-corrected chi connectivity index (χ3v) is 4.55. The van der Waals surface area contributed by atoms with Crippen molar-refractivity contribution < 1.29 is 19.1 Å². The molecule has 1 aromatic rings. The summed E-state index contributed by atoms with van der Waals surface area (Å²) in [7, 11) is -0.755. The van der Waals surface area contributed by atoms with Crippen LogP contribution in [0.2, 0.25) is 13.1 Å². The molecule has 0 aliphatic rings. The highest BCUT2D eigenvalue weighted by Crippen LogP contribution is 2.11. The third-order valence-electron chi connectivity index (χ3n) is 2.91. The van der Waals surface area contributed by atoms with Gasteiger partial charge in [-0.05, 0) is 37.6 Å². The summed E-state index contributed by atoms with van der Waals surface area (Å²) in [5.41, 5.74) is 0.761. The molecule has 1 radical (unpaired) electrons. The molecule has 5 heteroatoms. The highest BCUT2D eigenvalue weighted by Gasteiger charge is 2.19. The molecule has 0 aliphatic heterocycles. The van der Waals surface area contributed by atoms with Crippen LogP contribution in [0.25, 0.3) is 0 Å². The molecule has 0 saturated carbocycles. The summed E-state index contributed by atoms with van der Waals surface area (Å²) in [4.78, 5) is 23.6. The van der Waals surface area contributed by atoms with Crippen LogP contribution in [0, 0.1) is 0 Å². The van der Waals surface area contributed by atoms with Crippen molar-refractivity contribution in [3.05, 3.63) is 48.0 Å². The van der Waals surface area contributed by atoms with Crippen LogP contribution in [0.15, 0.2) is 36.9 Å². The van der Waals surface area contributed by atoms with Crippen molar-refractivity contribution in [2.45, 2.75) is 32.2 Å². The van der Waals surface area contributed by atoms with Crippen molar-refractivity contribution in [2.75, 3.05) is 6.61 Å². The molecule has 0 N–H and O–H groups in total. The lowest BCUT2D eigenvalue weighted by atomic mass is 10.1. The molecule has 0 bridgehead atoms. The van der Waals surface area contributed by atoms with E-state index in [0.717, 1.165) is 0 Å². The van der Waals surface area contributed by atoms with Crippen LogP contribution in [0.4, 0.5) is 0 Å². The topological polar surface area (TPSA) is 52.6 Å². The second kappa shape index (κ2) is 8.41. The fraction of sp³-hybridized carbons (Fsp3) is 0.375. The van der Waals surface area contributed by atoms with Gasteiger partial charge >= 0.3 is 11.9 Å². The number of esters is 2. The van der Waals surface area contributed by atoms with E-state index in [1.807, 2.05) is 0 Å². The Bertz CT molecular complexity index is 494. The number of hydrogen-bond acceptors (Lipinski definition) is 4. The number of carbonyl (C=O) groups is 2. The second-order valence-electron chi connectivity index (χ2n) is 4.79. The van der Waals surface area contributed by atoms with Crippen LogP contribution < -0.4 is 0 Å². The van der Waals surface area contributed by atoms with E-state index in [1.54, 1.807) is 37.3 Å². The Kier molecular flexibility index (Phi) is 6.88. The third kappa shape index (κ3) is 5.19. The Labute approximate surface area is 127 Å². The Morgan fingerprint density at radius 3 is 2.14 bits per heavy atom. The van der Waals surface area contributed by atoms with Crippen molar-refractivity contribution >= 4 is 20.7 Å². The molecular formula is C16H21O4Si. The Balaban J connectivity index is 2.74. The van der Waals surface area contributed by atoms with Crippen LogP contribution in [-0.4, -0.2) is 33.1 Å². The molecule has 0 aliphatic carbocycles.